The van der Waals surface area contributed by atoms with E-state index in [1.807, 2.05) is 0 Å². The molecule has 2 aliphatic rings. The maximum atomic E-state index is 2.69. The highest BCUT2D eigenvalue weighted by atomic mass is 28.3. The van der Waals surface area contributed by atoms with Gasteiger partial charge in [-0.25, -0.2) is 0 Å². The Morgan fingerprint density at radius 2 is 0.667 bits per heavy atom. The van der Waals surface area contributed by atoms with E-state index in [1.165, 1.54) is 33.4 Å². The van der Waals surface area contributed by atoms with Crippen LogP contribution in [-0.2, 0) is 0 Å². The molecular weight excluding hydrogens is 412 g/mol. The van der Waals surface area contributed by atoms with Crippen LogP contribution in [0.3, 0.4) is 0 Å². The van der Waals surface area contributed by atoms with Gasteiger partial charge in [0.25, 0.3) is 0 Å². The van der Waals surface area contributed by atoms with E-state index in [0.717, 1.165) is 0 Å². The molecule has 0 fully saturated rings. The van der Waals surface area contributed by atoms with Crippen LogP contribution in [0.1, 0.15) is 106 Å². The summed E-state index contributed by atoms with van der Waals surface area (Å²) in [6.07, 6.45) is 0. The molecule has 0 amide bonds. The molecule has 0 spiro atoms. The van der Waals surface area contributed by atoms with E-state index in [-0.39, 0.29) is 0 Å². The zero-order chi connectivity index (χ0) is 24.9. The van der Waals surface area contributed by atoms with Crippen molar-refractivity contribution in [1.82, 2.24) is 0 Å². The van der Waals surface area contributed by atoms with E-state index < -0.39 is 8.07 Å². The van der Waals surface area contributed by atoms with Crippen LogP contribution < -0.4 is 0 Å². The number of allylic oxidation sites excluding steroid dienone is 4. The van der Waals surface area contributed by atoms with Crippen molar-refractivity contribution in [2.24, 2.45) is 0 Å². The highest BCUT2D eigenvalue weighted by Gasteiger charge is 2.50. The molecule has 2 atom stereocenters. The second-order valence-electron chi connectivity index (χ2n) is 11.9. The topological polar surface area (TPSA) is 0 Å². The number of hydrogen-bond donors (Lipinski definition) is 0. The quantitative estimate of drug-likeness (QED) is 0.395. The third-order valence-corrected chi connectivity index (χ3v) is 14.8. The van der Waals surface area contributed by atoms with Crippen molar-refractivity contribution in [3.8, 4) is 0 Å². The Balaban J connectivity index is 2.04. The number of hydrogen-bond acceptors (Lipinski definition) is 0. The van der Waals surface area contributed by atoms with E-state index in [9.17, 15) is 0 Å². The van der Waals surface area contributed by atoms with Crippen molar-refractivity contribution in [2.45, 2.75) is 107 Å². The first-order valence-corrected chi connectivity index (χ1v) is 15.9. The van der Waals surface area contributed by atoms with Crippen LogP contribution in [0.4, 0.5) is 0 Å². The highest BCUT2D eigenvalue weighted by Crippen LogP contribution is 2.58. The minimum atomic E-state index is -1.85. The fourth-order valence-electron chi connectivity index (χ4n) is 7.66. The third kappa shape index (κ3) is 2.94. The van der Waals surface area contributed by atoms with Crippen LogP contribution >= 0.6 is 0 Å². The highest BCUT2D eigenvalue weighted by molar-refractivity contribution is 6.82. The van der Waals surface area contributed by atoms with Gasteiger partial charge in [0.1, 0.15) is 0 Å². The van der Waals surface area contributed by atoms with Crippen LogP contribution in [0.2, 0.25) is 13.1 Å². The molecule has 0 saturated carbocycles. The lowest BCUT2D eigenvalue weighted by molar-refractivity contribution is 0.942. The molecule has 0 N–H and O–H groups in total. The molecule has 0 unspecified atom stereocenters. The van der Waals surface area contributed by atoms with Gasteiger partial charge < -0.3 is 0 Å². The molecule has 0 radical (unpaired) electrons. The molecule has 1 heteroatoms. The molecule has 0 heterocycles. The Hall–Kier alpha value is -1.86. The number of rotatable bonds is 2. The minimum Gasteiger partial charge on any atom is -0.0679 e. The summed E-state index contributed by atoms with van der Waals surface area (Å²) in [5.74, 6) is 0. The van der Waals surface area contributed by atoms with E-state index in [0.29, 0.717) is 11.1 Å². The van der Waals surface area contributed by atoms with Crippen LogP contribution in [-0.4, -0.2) is 8.07 Å². The summed E-state index contributed by atoms with van der Waals surface area (Å²) >= 11 is 0. The lowest BCUT2D eigenvalue weighted by Crippen LogP contribution is -2.43. The lowest BCUT2D eigenvalue weighted by atomic mass is 9.88. The fourth-order valence-corrected chi connectivity index (χ4v) is 12.9. The van der Waals surface area contributed by atoms with Crippen molar-refractivity contribution in [3.63, 3.8) is 0 Å². The van der Waals surface area contributed by atoms with Crippen molar-refractivity contribution >= 4 is 19.2 Å². The Morgan fingerprint density at radius 1 is 0.394 bits per heavy atom. The van der Waals surface area contributed by atoms with Gasteiger partial charge in [0.15, 0.2) is 0 Å². The zero-order valence-electron chi connectivity index (χ0n) is 23.7. The summed E-state index contributed by atoms with van der Waals surface area (Å²) in [4.78, 5) is 0. The van der Waals surface area contributed by atoms with Crippen LogP contribution in [0.15, 0.2) is 11.1 Å². The molecule has 2 aromatic carbocycles. The molecule has 4 rings (SSSR count). The van der Waals surface area contributed by atoms with Gasteiger partial charge in [0.05, 0.1) is 8.07 Å². The van der Waals surface area contributed by atoms with Crippen LogP contribution in [0.5, 0.6) is 0 Å². The van der Waals surface area contributed by atoms with Gasteiger partial charge in [-0.1, -0.05) is 24.2 Å². The summed E-state index contributed by atoms with van der Waals surface area (Å²) in [7, 11) is -1.85. The van der Waals surface area contributed by atoms with Crippen LogP contribution in [0.25, 0.3) is 11.1 Å². The van der Waals surface area contributed by atoms with Gasteiger partial charge in [-0.05, 0) is 161 Å². The summed E-state index contributed by atoms with van der Waals surface area (Å²) in [5.41, 5.74) is 26.0. The van der Waals surface area contributed by atoms with E-state index in [2.05, 4.69) is 96.2 Å². The molecule has 2 aliphatic carbocycles. The van der Waals surface area contributed by atoms with E-state index in [4.69, 9.17) is 0 Å². The van der Waals surface area contributed by atoms with Crippen molar-refractivity contribution in [3.05, 3.63) is 77.9 Å². The molecule has 0 saturated heterocycles. The number of fused-ring (bicyclic) bond motifs is 2. The normalized spacial score (nSPS) is 20.2. The van der Waals surface area contributed by atoms with E-state index >= 15 is 0 Å². The summed E-state index contributed by atoms with van der Waals surface area (Å²) in [6.45, 7) is 33.8. The summed E-state index contributed by atoms with van der Waals surface area (Å²) < 4.78 is 0. The lowest BCUT2D eigenvalue weighted by Gasteiger charge is -2.40. The van der Waals surface area contributed by atoms with Gasteiger partial charge in [0.2, 0.25) is 0 Å². The fraction of sp³-hybridized carbons (Fsp3) is 0.500. The van der Waals surface area contributed by atoms with Gasteiger partial charge in [0, 0.05) is 11.1 Å². The molecule has 2 aromatic rings. The largest absolute Gasteiger partial charge is 0.0722 e. The van der Waals surface area contributed by atoms with Gasteiger partial charge in [-0.2, -0.15) is 0 Å². The van der Waals surface area contributed by atoms with Gasteiger partial charge >= 0.3 is 0 Å². The number of benzene rings is 2. The first-order chi connectivity index (χ1) is 15.2. The standard InChI is InChI=1S/C32H44Si/c1-15-17(3)21(7)29-27(19(15)5)23(9)25(11)31(29)33(13,14)32-26(12)24(10)28-20(6)16(2)18(4)22(8)30(28)32/h31-32H,1-14H3/t31-,32-/m0/s1. The molecule has 0 aromatic heterocycles. The van der Waals surface area contributed by atoms with Crippen molar-refractivity contribution < 1.29 is 0 Å². The Kier molecular flexibility index (Phi) is 5.57. The molecule has 33 heavy (non-hydrogen) atoms. The predicted molar refractivity (Wildman–Crippen MR) is 150 cm³/mol. The van der Waals surface area contributed by atoms with Crippen molar-refractivity contribution in [2.75, 3.05) is 0 Å². The predicted octanol–water partition coefficient (Wildman–Crippen LogP) is 9.42. The minimum absolute atomic E-state index is 0.575. The summed E-state index contributed by atoms with van der Waals surface area (Å²) in [6, 6.07) is 0. The first kappa shape index (κ1) is 24.3. The molecular formula is C32H44Si. The molecule has 176 valence electrons. The molecule has 0 bridgehead atoms. The maximum absolute atomic E-state index is 2.69. The van der Waals surface area contributed by atoms with Crippen molar-refractivity contribution in [1.29, 1.82) is 0 Å². The zero-order valence-corrected chi connectivity index (χ0v) is 24.7. The molecule has 0 nitrogen and oxygen atoms in total. The SMILES string of the molecule is CC1=C(C)[C@H]([Si](C)(C)[C@H]2C(C)=C(C)c3c(C)c(C)c(C)c(C)c32)c2c(C)c(C)c(C)c(C)c21. The maximum Gasteiger partial charge on any atom is 0.0722 e. The smallest absolute Gasteiger partial charge is 0.0679 e. The average molecular weight is 457 g/mol. The third-order valence-electron chi connectivity index (χ3n) is 10.3. The second kappa shape index (κ2) is 7.57. The molecule has 0 aliphatic heterocycles. The Labute approximate surface area is 204 Å². The average Bonchev–Trinajstić information content (AvgIpc) is 3.19. The van der Waals surface area contributed by atoms with Gasteiger partial charge in [-0.3, -0.25) is 0 Å². The van der Waals surface area contributed by atoms with E-state index in [1.54, 1.807) is 55.7 Å². The van der Waals surface area contributed by atoms with Gasteiger partial charge in [-0.15, -0.1) is 0 Å². The summed E-state index contributed by atoms with van der Waals surface area (Å²) in [5, 5.41) is 0. The van der Waals surface area contributed by atoms with Crippen LogP contribution in [0, 0.1) is 55.4 Å². The Morgan fingerprint density at radius 3 is 0.970 bits per heavy atom. The second-order valence-corrected chi connectivity index (χ2v) is 16.7. The Bertz CT molecular complexity index is 1190. The monoisotopic (exact) mass is 456 g/mol. The first-order valence-electron chi connectivity index (χ1n) is 12.7.